The van der Waals surface area contributed by atoms with E-state index in [1.165, 1.54) is 6.92 Å². The van der Waals surface area contributed by atoms with Gasteiger partial charge in [0.2, 0.25) is 0 Å². The Kier molecular flexibility index (Phi) is 3.13. The van der Waals surface area contributed by atoms with Crippen LogP contribution in [0.15, 0.2) is 0 Å². The minimum absolute atomic E-state index is 0.0734. The smallest absolute Gasteiger partial charge is 0.303 e. The molecular formula is C15H24O4. The first kappa shape index (κ1) is 13.4. The van der Waals surface area contributed by atoms with E-state index in [1.807, 2.05) is 0 Å². The third-order valence-electron chi connectivity index (χ3n) is 5.69. The van der Waals surface area contributed by atoms with Gasteiger partial charge in [-0.15, -0.1) is 0 Å². The number of carbonyl (C=O) groups is 1. The molecule has 0 unspecified atom stereocenters. The number of rotatable bonds is 1. The van der Waals surface area contributed by atoms with Crippen LogP contribution in [0.1, 0.15) is 58.3 Å². The monoisotopic (exact) mass is 268 g/mol. The molecule has 0 aromatic rings. The predicted molar refractivity (Wildman–Crippen MR) is 69.4 cm³/mol. The SMILES string of the molecule is CC(=O)O[C@@]12CCCCC[C@H]1[C@@]1(O)[C@@H]2CCC[C@@H]1O. The van der Waals surface area contributed by atoms with Gasteiger partial charge in [0, 0.05) is 18.8 Å². The van der Waals surface area contributed by atoms with Crippen LogP contribution in [-0.4, -0.2) is 33.5 Å². The van der Waals surface area contributed by atoms with Gasteiger partial charge in [-0.2, -0.15) is 0 Å². The molecule has 0 aromatic carbocycles. The Morgan fingerprint density at radius 3 is 2.47 bits per heavy atom. The Morgan fingerprint density at radius 1 is 1.11 bits per heavy atom. The second-order valence-corrected chi connectivity index (χ2v) is 6.59. The highest BCUT2D eigenvalue weighted by Gasteiger charge is 2.74. The molecule has 19 heavy (non-hydrogen) atoms. The standard InChI is InChI=1S/C15H24O4/c1-10(16)19-14-9-4-2-3-6-11(14)15(18)12(14)7-5-8-13(15)17/h11-13,17-18H,2-9H2,1H3/t11-,12-,13+,14+,15-/m1/s1. The molecule has 0 amide bonds. The van der Waals surface area contributed by atoms with Crippen LogP contribution in [0.25, 0.3) is 0 Å². The Bertz CT molecular complexity index is 382. The van der Waals surface area contributed by atoms with Gasteiger partial charge < -0.3 is 14.9 Å². The molecule has 0 spiro atoms. The Hall–Kier alpha value is -0.610. The Balaban J connectivity index is 1.96. The van der Waals surface area contributed by atoms with Crippen LogP contribution >= 0.6 is 0 Å². The maximum absolute atomic E-state index is 11.5. The summed E-state index contributed by atoms with van der Waals surface area (Å²) in [5.41, 5.74) is -1.52. The molecule has 0 heterocycles. The number of aliphatic hydroxyl groups excluding tert-OH is 1. The van der Waals surface area contributed by atoms with Crippen molar-refractivity contribution in [3.63, 3.8) is 0 Å². The Labute approximate surface area is 114 Å². The van der Waals surface area contributed by atoms with Gasteiger partial charge in [-0.1, -0.05) is 19.3 Å². The van der Waals surface area contributed by atoms with Crippen LogP contribution < -0.4 is 0 Å². The third-order valence-corrected chi connectivity index (χ3v) is 5.69. The quantitative estimate of drug-likeness (QED) is 0.711. The first-order valence-corrected chi connectivity index (χ1v) is 7.62. The molecule has 3 aliphatic carbocycles. The first-order chi connectivity index (χ1) is 9.02. The van der Waals surface area contributed by atoms with Crippen molar-refractivity contribution in [2.24, 2.45) is 11.8 Å². The van der Waals surface area contributed by atoms with E-state index in [0.29, 0.717) is 6.42 Å². The lowest BCUT2D eigenvalue weighted by molar-refractivity contribution is -0.337. The number of aliphatic hydroxyl groups is 2. The van der Waals surface area contributed by atoms with Gasteiger partial charge in [-0.3, -0.25) is 4.79 Å². The lowest BCUT2D eigenvalue weighted by atomic mass is 9.43. The van der Waals surface area contributed by atoms with Gasteiger partial charge in [0.1, 0.15) is 11.2 Å². The maximum Gasteiger partial charge on any atom is 0.303 e. The van der Waals surface area contributed by atoms with Crippen LogP contribution in [0, 0.1) is 11.8 Å². The molecule has 5 atom stereocenters. The zero-order valence-electron chi connectivity index (χ0n) is 11.6. The van der Waals surface area contributed by atoms with E-state index in [4.69, 9.17) is 4.74 Å². The highest BCUT2D eigenvalue weighted by Crippen LogP contribution is 2.64. The summed E-state index contributed by atoms with van der Waals surface area (Å²) < 4.78 is 5.73. The van der Waals surface area contributed by atoms with Crippen LogP contribution in [0.3, 0.4) is 0 Å². The Morgan fingerprint density at radius 2 is 1.79 bits per heavy atom. The normalized spacial score (nSPS) is 49.3. The fourth-order valence-corrected chi connectivity index (χ4v) is 5.07. The van der Waals surface area contributed by atoms with E-state index >= 15 is 0 Å². The van der Waals surface area contributed by atoms with Crippen molar-refractivity contribution < 1.29 is 19.7 Å². The van der Waals surface area contributed by atoms with Crippen LogP contribution in [0.5, 0.6) is 0 Å². The molecule has 0 aliphatic heterocycles. The minimum Gasteiger partial charge on any atom is -0.458 e. The summed E-state index contributed by atoms with van der Waals surface area (Å²) in [6, 6.07) is 0. The van der Waals surface area contributed by atoms with Crippen LogP contribution in [0.2, 0.25) is 0 Å². The number of ether oxygens (including phenoxy) is 1. The summed E-state index contributed by atoms with van der Waals surface area (Å²) in [5.74, 6) is -0.406. The molecule has 2 N–H and O–H groups in total. The summed E-state index contributed by atoms with van der Waals surface area (Å²) >= 11 is 0. The van der Waals surface area contributed by atoms with Gasteiger partial charge in [0.05, 0.1) is 6.10 Å². The van der Waals surface area contributed by atoms with Crippen LogP contribution in [-0.2, 0) is 9.53 Å². The summed E-state index contributed by atoms with van der Waals surface area (Å²) in [4.78, 5) is 11.5. The van der Waals surface area contributed by atoms with Crippen molar-refractivity contribution in [2.75, 3.05) is 0 Å². The second-order valence-electron chi connectivity index (χ2n) is 6.59. The summed E-state index contributed by atoms with van der Waals surface area (Å²) in [7, 11) is 0. The molecule has 4 heteroatoms. The number of hydrogen-bond acceptors (Lipinski definition) is 4. The summed E-state index contributed by atoms with van der Waals surface area (Å²) in [5, 5.41) is 21.2. The van der Waals surface area contributed by atoms with Gasteiger partial charge in [-0.05, 0) is 32.1 Å². The zero-order chi connectivity index (χ0) is 13.7. The fourth-order valence-electron chi connectivity index (χ4n) is 5.07. The lowest BCUT2D eigenvalue weighted by Gasteiger charge is -2.68. The third kappa shape index (κ3) is 1.69. The highest BCUT2D eigenvalue weighted by molar-refractivity contribution is 5.67. The summed E-state index contributed by atoms with van der Waals surface area (Å²) in [6.45, 7) is 1.45. The molecule has 4 nitrogen and oxygen atoms in total. The average molecular weight is 268 g/mol. The molecule has 108 valence electrons. The van der Waals surface area contributed by atoms with Crippen molar-refractivity contribution in [3.8, 4) is 0 Å². The molecule has 0 aromatic heterocycles. The maximum atomic E-state index is 11.5. The molecule has 0 saturated heterocycles. The zero-order valence-corrected chi connectivity index (χ0v) is 11.6. The number of hydrogen-bond donors (Lipinski definition) is 2. The van der Waals surface area contributed by atoms with Gasteiger partial charge in [0.25, 0.3) is 0 Å². The fraction of sp³-hybridized carbons (Fsp3) is 0.933. The van der Waals surface area contributed by atoms with Gasteiger partial charge >= 0.3 is 5.97 Å². The number of fused-ring (bicyclic) bond motifs is 4. The topological polar surface area (TPSA) is 66.8 Å². The minimum atomic E-state index is -1.02. The second kappa shape index (κ2) is 4.45. The largest absolute Gasteiger partial charge is 0.458 e. The molecule has 3 fully saturated rings. The number of esters is 1. The van der Waals surface area contributed by atoms with Crippen molar-refractivity contribution >= 4 is 5.97 Å². The average Bonchev–Trinajstić information content (AvgIpc) is 2.53. The van der Waals surface area contributed by atoms with Crippen molar-refractivity contribution in [2.45, 2.75) is 75.6 Å². The van der Waals surface area contributed by atoms with Crippen molar-refractivity contribution in [1.82, 2.24) is 0 Å². The van der Waals surface area contributed by atoms with Crippen molar-refractivity contribution in [3.05, 3.63) is 0 Å². The lowest BCUT2D eigenvalue weighted by Crippen LogP contribution is -2.79. The van der Waals surface area contributed by atoms with E-state index in [0.717, 1.165) is 44.9 Å². The van der Waals surface area contributed by atoms with E-state index in [9.17, 15) is 15.0 Å². The molecule has 3 aliphatic rings. The number of carbonyl (C=O) groups excluding carboxylic acids is 1. The molecule has 3 rings (SSSR count). The van der Waals surface area contributed by atoms with E-state index in [1.54, 1.807) is 0 Å². The van der Waals surface area contributed by atoms with Crippen molar-refractivity contribution in [1.29, 1.82) is 0 Å². The van der Waals surface area contributed by atoms with E-state index < -0.39 is 17.3 Å². The van der Waals surface area contributed by atoms with Gasteiger partial charge in [-0.25, -0.2) is 0 Å². The molecular weight excluding hydrogens is 244 g/mol. The molecule has 3 saturated carbocycles. The highest BCUT2D eigenvalue weighted by atomic mass is 16.6. The molecule has 0 bridgehead atoms. The molecule has 0 radical (unpaired) electrons. The first-order valence-electron chi connectivity index (χ1n) is 7.62. The summed E-state index contributed by atoms with van der Waals surface area (Å²) in [6.07, 6.45) is 6.70. The van der Waals surface area contributed by atoms with E-state index in [2.05, 4.69) is 0 Å². The predicted octanol–water partition coefficient (Wildman–Crippen LogP) is 1.77. The van der Waals surface area contributed by atoms with Crippen LogP contribution in [0.4, 0.5) is 0 Å². The van der Waals surface area contributed by atoms with E-state index in [-0.39, 0.29) is 17.8 Å². The van der Waals surface area contributed by atoms with Gasteiger partial charge in [0.15, 0.2) is 0 Å².